The van der Waals surface area contributed by atoms with E-state index in [1.165, 1.54) is 0 Å². The number of nitriles is 1. The standard InChI is InChI=1S/C12H15N5/c1-11(9-13)10-16-5-7-17(8-6-16)12-3-2-4-14-15-12/h2-4H,1,5-8,10H2. The second kappa shape index (κ2) is 5.41. The molecule has 0 unspecified atom stereocenters. The van der Waals surface area contributed by atoms with Gasteiger partial charge in [0, 0.05) is 44.5 Å². The molecule has 2 heterocycles. The molecule has 1 aliphatic heterocycles. The van der Waals surface area contributed by atoms with Crippen molar-refractivity contribution >= 4 is 5.82 Å². The Morgan fingerprint density at radius 3 is 2.76 bits per heavy atom. The molecule has 0 saturated carbocycles. The largest absolute Gasteiger partial charge is 0.353 e. The first kappa shape index (κ1) is 11.6. The molecule has 0 bridgehead atoms. The third kappa shape index (κ3) is 3.02. The Morgan fingerprint density at radius 1 is 1.41 bits per heavy atom. The normalized spacial score (nSPS) is 16.5. The van der Waals surface area contributed by atoms with Gasteiger partial charge in [0.25, 0.3) is 0 Å². The Hall–Kier alpha value is -1.93. The minimum Gasteiger partial charge on any atom is -0.353 e. The van der Waals surface area contributed by atoms with E-state index in [0.29, 0.717) is 12.1 Å². The molecule has 0 aliphatic carbocycles. The number of nitrogens with zero attached hydrogens (tertiary/aromatic N) is 5. The highest BCUT2D eigenvalue weighted by Crippen LogP contribution is 2.12. The lowest BCUT2D eigenvalue weighted by molar-refractivity contribution is 0.280. The van der Waals surface area contributed by atoms with Gasteiger partial charge in [0.15, 0.2) is 5.82 Å². The fraction of sp³-hybridized carbons (Fsp3) is 0.417. The van der Waals surface area contributed by atoms with Crippen LogP contribution >= 0.6 is 0 Å². The third-order valence-corrected chi connectivity index (χ3v) is 2.83. The lowest BCUT2D eigenvalue weighted by atomic mass is 10.2. The van der Waals surface area contributed by atoms with Gasteiger partial charge in [-0.05, 0) is 12.1 Å². The van der Waals surface area contributed by atoms with Crippen LogP contribution in [0.1, 0.15) is 0 Å². The predicted molar refractivity (Wildman–Crippen MR) is 65.4 cm³/mol. The molecule has 1 aromatic heterocycles. The molecule has 0 N–H and O–H groups in total. The highest BCUT2D eigenvalue weighted by molar-refractivity contribution is 5.37. The maximum absolute atomic E-state index is 8.69. The van der Waals surface area contributed by atoms with Crippen molar-refractivity contribution in [1.29, 1.82) is 5.26 Å². The third-order valence-electron chi connectivity index (χ3n) is 2.83. The Kier molecular flexibility index (Phi) is 3.68. The molecule has 5 nitrogen and oxygen atoms in total. The molecule has 0 radical (unpaired) electrons. The summed E-state index contributed by atoms with van der Waals surface area (Å²) in [5.41, 5.74) is 0.623. The summed E-state index contributed by atoms with van der Waals surface area (Å²) in [7, 11) is 0. The quantitative estimate of drug-likeness (QED) is 0.713. The van der Waals surface area contributed by atoms with Crippen LogP contribution in [-0.4, -0.2) is 47.8 Å². The molecule has 0 atom stereocenters. The summed E-state index contributed by atoms with van der Waals surface area (Å²) in [5.74, 6) is 0.922. The Balaban J connectivity index is 1.87. The van der Waals surface area contributed by atoms with Crippen LogP contribution < -0.4 is 4.90 Å². The lowest BCUT2D eigenvalue weighted by Gasteiger charge is -2.34. The number of aromatic nitrogens is 2. The number of anilines is 1. The summed E-state index contributed by atoms with van der Waals surface area (Å²) in [6.07, 6.45) is 1.68. The van der Waals surface area contributed by atoms with Crippen molar-refractivity contribution in [2.45, 2.75) is 0 Å². The van der Waals surface area contributed by atoms with Crippen molar-refractivity contribution in [2.24, 2.45) is 0 Å². The smallest absolute Gasteiger partial charge is 0.151 e. The summed E-state index contributed by atoms with van der Waals surface area (Å²) in [6.45, 7) is 8.06. The molecule has 5 heteroatoms. The monoisotopic (exact) mass is 229 g/mol. The van der Waals surface area contributed by atoms with Gasteiger partial charge in [-0.15, -0.1) is 5.10 Å². The summed E-state index contributed by atoms with van der Waals surface area (Å²) in [6, 6.07) is 5.95. The molecular weight excluding hydrogens is 214 g/mol. The van der Waals surface area contributed by atoms with Crippen LogP contribution in [0, 0.1) is 11.3 Å². The SMILES string of the molecule is C=C(C#N)CN1CCN(c2cccnn2)CC1. The first-order valence-electron chi connectivity index (χ1n) is 5.62. The molecule has 1 aromatic rings. The van der Waals surface area contributed by atoms with E-state index in [4.69, 9.17) is 5.26 Å². The van der Waals surface area contributed by atoms with Gasteiger partial charge >= 0.3 is 0 Å². The topological polar surface area (TPSA) is 56.1 Å². The molecule has 17 heavy (non-hydrogen) atoms. The number of rotatable bonds is 3. The van der Waals surface area contributed by atoms with E-state index in [2.05, 4.69) is 32.6 Å². The second-order valence-electron chi connectivity index (χ2n) is 4.06. The summed E-state index contributed by atoms with van der Waals surface area (Å²) < 4.78 is 0. The highest BCUT2D eigenvalue weighted by atomic mass is 15.3. The van der Waals surface area contributed by atoms with E-state index in [1.54, 1.807) is 6.20 Å². The molecule has 1 saturated heterocycles. The molecule has 88 valence electrons. The van der Waals surface area contributed by atoms with Crippen LogP contribution in [0.25, 0.3) is 0 Å². The summed E-state index contributed by atoms with van der Waals surface area (Å²) in [5, 5.41) is 16.7. The summed E-state index contributed by atoms with van der Waals surface area (Å²) >= 11 is 0. The zero-order valence-electron chi connectivity index (χ0n) is 9.71. The van der Waals surface area contributed by atoms with Gasteiger partial charge in [-0.25, -0.2) is 0 Å². The molecule has 1 aliphatic rings. The molecule has 1 fully saturated rings. The average molecular weight is 229 g/mol. The Labute approximate surface area is 101 Å². The lowest BCUT2D eigenvalue weighted by Crippen LogP contribution is -2.47. The van der Waals surface area contributed by atoms with Crippen molar-refractivity contribution in [3.63, 3.8) is 0 Å². The van der Waals surface area contributed by atoms with Gasteiger partial charge < -0.3 is 4.90 Å². The molecule has 0 aromatic carbocycles. The first-order chi connectivity index (χ1) is 8.29. The van der Waals surface area contributed by atoms with Crippen LogP contribution in [0.4, 0.5) is 5.82 Å². The average Bonchev–Trinajstić information content (AvgIpc) is 2.40. The van der Waals surface area contributed by atoms with Crippen LogP contribution in [-0.2, 0) is 0 Å². The van der Waals surface area contributed by atoms with E-state index >= 15 is 0 Å². The van der Waals surface area contributed by atoms with Crippen molar-refractivity contribution in [3.05, 3.63) is 30.5 Å². The fourth-order valence-electron chi connectivity index (χ4n) is 1.90. The van der Waals surface area contributed by atoms with E-state index in [0.717, 1.165) is 32.0 Å². The summed E-state index contributed by atoms with van der Waals surface area (Å²) in [4.78, 5) is 4.44. The Morgan fingerprint density at radius 2 is 2.18 bits per heavy atom. The second-order valence-corrected chi connectivity index (χ2v) is 4.06. The molecular formula is C12H15N5. The van der Waals surface area contributed by atoms with E-state index in [1.807, 2.05) is 12.1 Å². The van der Waals surface area contributed by atoms with Gasteiger partial charge in [0.05, 0.1) is 6.07 Å². The van der Waals surface area contributed by atoms with Crippen LogP contribution in [0.5, 0.6) is 0 Å². The van der Waals surface area contributed by atoms with E-state index in [-0.39, 0.29) is 0 Å². The molecule has 2 rings (SSSR count). The van der Waals surface area contributed by atoms with Gasteiger partial charge in [0.2, 0.25) is 0 Å². The van der Waals surface area contributed by atoms with Gasteiger partial charge in [-0.1, -0.05) is 6.58 Å². The fourth-order valence-corrected chi connectivity index (χ4v) is 1.90. The van der Waals surface area contributed by atoms with Gasteiger partial charge in [-0.3, -0.25) is 4.90 Å². The zero-order chi connectivity index (χ0) is 12.1. The van der Waals surface area contributed by atoms with Crippen molar-refractivity contribution in [1.82, 2.24) is 15.1 Å². The van der Waals surface area contributed by atoms with Crippen molar-refractivity contribution < 1.29 is 0 Å². The van der Waals surface area contributed by atoms with Crippen LogP contribution in [0.15, 0.2) is 30.5 Å². The molecule has 0 spiro atoms. The van der Waals surface area contributed by atoms with Gasteiger partial charge in [0.1, 0.15) is 0 Å². The minimum atomic E-state index is 0.623. The predicted octanol–water partition coefficient (Wildman–Crippen LogP) is 0.678. The maximum atomic E-state index is 8.69. The minimum absolute atomic E-state index is 0.623. The highest BCUT2D eigenvalue weighted by Gasteiger charge is 2.18. The van der Waals surface area contributed by atoms with E-state index < -0.39 is 0 Å². The number of piperazine rings is 1. The van der Waals surface area contributed by atoms with Crippen LogP contribution in [0.3, 0.4) is 0 Å². The first-order valence-corrected chi connectivity index (χ1v) is 5.62. The van der Waals surface area contributed by atoms with Gasteiger partial charge in [-0.2, -0.15) is 10.4 Å². The van der Waals surface area contributed by atoms with E-state index in [9.17, 15) is 0 Å². The number of hydrogen-bond acceptors (Lipinski definition) is 5. The maximum Gasteiger partial charge on any atom is 0.151 e. The van der Waals surface area contributed by atoms with Crippen molar-refractivity contribution in [2.75, 3.05) is 37.6 Å². The molecule has 0 amide bonds. The zero-order valence-corrected chi connectivity index (χ0v) is 9.71. The van der Waals surface area contributed by atoms with Crippen LogP contribution in [0.2, 0.25) is 0 Å². The van der Waals surface area contributed by atoms with Crippen molar-refractivity contribution in [3.8, 4) is 6.07 Å². The number of hydrogen-bond donors (Lipinski definition) is 0. The Bertz CT molecular complexity index is 414.